The molecule has 28 heavy (non-hydrogen) atoms. The molecule has 0 saturated heterocycles. The quantitative estimate of drug-likeness (QED) is 0.418. The molecule has 152 valence electrons. The first-order valence-electron chi connectivity index (χ1n) is 9.01. The maximum atomic E-state index is 12.5. The van der Waals surface area contributed by atoms with Crippen molar-refractivity contribution in [2.45, 2.75) is 20.3 Å². The van der Waals surface area contributed by atoms with Gasteiger partial charge in [-0.25, -0.2) is 4.98 Å². The molecule has 1 N–H and O–H groups in total. The summed E-state index contributed by atoms with van der Waals surface area (Å²) in [6, 6.07) is 7.93. The van der Waals surface area contributed by atoms with E-state index >= 15 is 0 Å². The summed E-state index contributed by atoms with van der Waals surface area (Å²) in [4.78, 5) is 17.8. The van der Waals surface area contributed by atoms with Crippen LogP contribution in [0.4, 0.5) is 10.8 Å². The summed E-state index contributed by atoms with van der Waals surface area (Å²) in [5, 5.41) is 5.98. The first-order chi connectivity index (χ1) is 13.5. The number of rotatable bonds is 11. The largest absolute Gasteiger partial charge is 0.349 e. The molecule has 1 heterocycles. The van der Waals surface area contributed by atoms with Gasteiger partial charge in [-0.15, -0.1) is 11.3 Å². The van der Waals surface area contributed by atoms with E-state index in [1.165, 1.54) is 22.3 Å². The predicted molar refractivity (Wildman–Crippen MR) is 113 cm³/mol. The number of carbonyl (C=O) groups excluding carboxylic acids is 1. The third-order valence-corrected chi connectivity index (χ3v) is 6.43. The Morgan fingerprint density at radius 3 is 2.50 bits per heavy atom. The van der Waals surface area contributed by atoms with Crippen LogP contribution in [0.2, 0.25) is 0 Å². The molecule has 0 aliphatic carbocycles. The van der Waals surface area contributed by atoms with Gasteiger partial charge < -0.3 is 19.3 Å². The highest BCUT2D eigenvalue weighted by molar-refractivity contribution is 7.53. The topological polar surface area (TPSA) is 80.8 Å². The van der Waals surface area contributed by atoms with Crippen LogP contribution < -0.4 is 5.32 Å². The van der Waals surface area contributed by atoms with Crippen LogP contribution in [0.3, 0.4) is 0 Å². The summed E-state index contributed by atoms with van der Waals surface area (Å²) < 4.78 is 22.9. The van der Waals surface area contributed by atoms with E-state index < -0.39 is 7.60 Å². The third kappa shape index (κ3) is 7.20. The molecular weight excluding hydrogens is 397 g/mol. The molecule has 0 aliphatic heterocycles. The number of likely N-dealkylation sites (N-methyl/N-ethyl adjacent to an activating group) is 1. The van der Waals surface area contributed by atoms with Gasteiger partial charge in [-0.3, -0.25) is 9.36 Å². The predicted octanol–water partition coefficient (Wildman–Crippen LogP) is 4.67. The van der Waals surface area contributed by atoms with E-state index in [9.17, 15) is 9.36 Å². The van der Waals surface area contributed by atoms with Gasteiger partial charge in [-0.2, -0.15) is 0 Å². The smallest absolute Gasteiger partial charge is 0.332 e. The second kappa shape index (κ2) is 11.1. The van der Waals surface area contributed by atoms with Crippen LogP contribution in [0.1, 0.15) is 19.4 Å². The van der Waals surface area contributed by atoms with Gasteiger partial charge in [0, 0.05) is 24.3 Å². The number of carbonyl (C=O) groups is 1. The van der Waals surface area contributed by atoms with Crippen LogP contribution >= 0.6 is 18.9 Å². The summed E-state index contributed by atoms with van der Waals surface area (Å²) in [5.74, 6) is -0.248. The minimum Gasteiger partial charge on any atom is -0.332 e. The van der Waals surface area contributed by atoms with Crippen molar-refractivity contribution in [3.05, 3.63) is 53.6 Å². The molecular formula is C19H26N3O4PS. The van der Waals surface area contributed by atoms with Crippen molar-refractivity contribution < 1.29 is 18.4 Å². The lowest BCUT2D eigenvalue weighted by molar-refractivity contribution is -0.124. The average Bonchev–Trinajstić information content (AvgIpc) is 3.16. The second-order valence-electron chi connectivity index (χ2n) is 5.89. The lowest BCUT2D eigenvalue weighted by Gasteiger charge is -2.22. The molecule has 2 aromatic rings. The summed E-state index contributed by atoms with van der Waals surface area (Å²) >= 11 is 1.54. The van der Waals surface area contributed by atoms with Gasteiger partial charge in [0.05, 0.1) is 13.2 Å². The Hall–Kier alpha value is -1.99. The molecule has 0 saturated carbocycles. The zero-order valence-electron chi connectivity index (χ0n) is 16.3. The van der Waals surface area contributed by atoms with E-state index in [1.807, 2.05) is 29.6 Å². The molecule has 7 nitrogen and oxygen atoms in total. The Bertz CT molecular complexity index is 799. The van der Waals surface area contributed by atoms with Gasteiger partial charge in [0.1, 0.15) is 6.29 Å². The van der Waals surface area contributed by atoms with Crippen molar-refractivity contribution in [3.63, 3.8) is 0 Å². The van der Waals surface area contributed by atoms with Crippen LogP contribution in [0.15, 0.2) is 48.0 Å². The number of allylic oxidation sites excluding steroid dienone is 1. The highest BCUT2D eigenvalue weighted by Gasteiger charge is 2.27. The molecule has 0 spiro atoms. The number of amides is 1. The fraction of sp³-hybridized carbons (Fsp3) is 0.368. The number of aromatic nitrogens is 1. The average molecular weight is 423 g/mol. The molecule has 0 aliphatic rings. The number of anilines is 2. The molecule has 0 bridgehead atoms. The molecule has 9 heteroatoms. The Morgan fingerprint density at radius 2 is 1.93 bits per heavy atom. The van der Waals surface area contributed by atoms with Crippen molar-refractivity contribution in [1.82, 2.24) is 9.88 Å². The van der Waals surface area contributed by atoms with Crippen LogP contribution in [0.5, 0.6) is 0 Å². The Balaban J connectivity index is 1.85. The number of benzene rings is 1. The number of nitrogens with zero attached hydrogens (tertiary/aromatic N) is 2. The van der Waals surface area contributed by atoms with Crippen LogP contribution in [0.25, 0.3) is 0 Å². The highest BCUT2D eigenvalue weighted by atomic mass is 32.1. The van der Waals surface area contributed by atoms with Gasteiger partial charge >= 0.3 is 7.60 Å². The van der Waals surface area contributed by atoms with E-state index in [0.29, 0.717) is 6.42 Å². The Labute approximate surface area is 169 Å². The fourth-order valence-electron chi connectivity index (χ4n) is 2.40. The van der Waals surface area contributed by atoms with E-state index in [1.54, 1.807) is 33.2 Å². The van der Waals surface area contributed by atoms with Gasteiger partial charge in [0.15, 0.2) is 5.13 Å². The maximum Gasteiger partial charge on any atom is 0.349 e. The minimum atomic E-state index is -3.29. The molecule has 0 fully saturated rings. The third-order valence-electron chi connectivity index (χ3n) is 3.66. The maximum absolute atomic E-state index is 12.5. The first kappa shape index (κ1) is 22.3. The fourth-order valence-corrected chi connectivity index (χ4v) is 4.63. The number of nitrogens with one attached hydrogen (secondary N) is 1. The number of hydrogen-bond acceptors (Lipinski definition) is 7. The standard InChI is InChI=1S/C19H26N3O4PS/c1-4-25-27(24,26-5-2)15-22(3)18(23)8-6-7-16-9-11-17(12-10-16)21-19-20-13-14-28-19/h6,8-14H,4-5,7,15H2,1-3H3,(H,20,21)/b8-6+. The van der Waals surface area contributed by atoms with Gasteiger partial charge in [-0.05, 0) is 44.0 Å². The number of thiazole rings is 1. The molecule has 0 radical (unpaired) electrons. The molecule has 2 rings (SSSR count). The van der Waals surface area contributed by atoms with Crippen LogP contribution in [-0.4, -0.2) is 42.3 Å². The van der Waals surface area contributed by atoms with E-state index in [2.05, 4.69) is 10.3 Å². The SMILES string of the molecule is CCOP(=O)(CN(C)C(=O)/C=C/Cc1ccc(Nc2nccs2)cc1)OCC. The first-order valence-corrected chi connectivity index (χ1v) is 11.6. The van der Waals surface area contributed by atoms with Crippen molar-refractivity contribution in [1.29, 1.82) is 0 Å². The highest BCUT2D eigenvalue weighted by Crippen LogP contribution is 2.48. The minimum absolute atomic E-state index is 0.0744. The Kier molecular flexibility index (Phi) is 8.86. The molecule has 1 amide bonds. The normalized spacial score (nSPS) is 11.7. The number of hydrogen-bond donors (Lipinski definition) is 1. The zero-order valence-corrected chi connectivity index (χ0v) is 18.0. The lowest BCUT2D eigenvalue weighted by Crippen LogP contribution is -2.27. The van der Waals surface area contributed by atoms with Crippen LogP contribution in [0, 0.1) is 0 Å². The van der Waals surface area contributed by atoms with Crippen molar-refractivity contribution in [2.24, 2.45) is 0 Å². The van der Waals surface area contributed by atoms with Gasteiger partial charge in [-0.1, -0.05) is 18.2 Å². The molecule has 1 aromatic heterocycles. The molecule has 0 unspecified atom stereocenters. The van der Waals surface area contributed by atoms with E-state index in [-0.39, 0.29) is 25.4 Å². The van der Waals surface area contributed by atoms with Crippen LogP contribution in [-0.2, 0) is 24.8 Å². The Morgan fingerprint density at radius 1 is 1.25 bits per heavy atom. The summed E-state index contributed by atoms with van der Waals surface area (Å²) in [5.41, 5.74) is 2.03. The monoisotopic (exact) mass is 423 g/mol. The summed E-state index contributed by atoms with van der Waals surface area (Å²) in [6.07, 6.45) is 5.56. The second-order valence-corrected chi connectivity index (χ2v) is 8.81. The zero-order chi connectivity index (χ0) is 20.4. The lowest BCUT2D eigenvalue weighted by atomic mass is 10.1. The van der Waals surface area contributed by atoms with E-state index in [0.717, 1.165) is 16.4 Å². The molecule has 0 atom stereocenters. The molecule has 1 aromatic carbocycles. The summed E-state index contributed by atoms with van der Waals surface area (Å²) in [6.45, 7) is 4.02. The van der Waals surface area contributed by atoms with Gasteiger partial charge in [0.2, 0.25) is 5.91 Å². The van der Waals surface area contributed by atoms with Crippen molar-refractivity contribution in [2.75, 3.05) is 31.9 Å². The van der Waals surface area contributed by atoms with Crippen molar-refractivity contribution >= 4 is 35.7 Å². The van der Waals surface area contributed by atoms with Crippen molar-refractivity contribution in [3.8, 4) is 0 Å². The summed E-state index contributed by atoms with van der Waals surface area (Å²) in [7, 11) is -1.71. The van der Waals surface area contributed by atoms with E-state index in [4.69, 9.17) is 9.05 Å². The van der Waals surface area contributed by atoms with Gasteiger partial charge in [0.25, 0.3) is 0 Å².